The second kappa shape index (κ2) is 7.96. The third-order valence-electron chi connectivity index (χ3n) is 5.65. The van der Waals surface area contributed by atoms with Crippen molar-refractivity contribution in [3.05, 3.63) is 35.4 Å². The van der Waals surface area contributed by atoms with Gasteiger partial charge in [0, 0.05) is 30.4 Å². The number of carbonyl (C=O) groups excluding carboxylic acids is 1. The Labute approximate surface area is 140 Å². The summed E-state index contributed by atoms with van der Waals surface area (Å²) >= 11 is 0. The number of quaternary nitrogens is 1. The van der Waals surface area contributed by atoms with Crippen LogP contribution in [0.2, 0.25) is 0 Å². The van der Waals surface area contributed by atoms with Crippen LogP contribution in [0.5, 0.6) is 0 Å². The maximum atomic E-state index is 12.4. The molecule has 0 spiro atoms. The van der Waals surface area contributed by atoms with Crippen molar-refractivity contribution in [3.8, 4) is 0 Å². The zero-order chi connectivity index (χ0) is 16.1. The van der Waals surface area contributed by atoms with Gasteiger partial charge in [-0.3, -0.25) is 4.79 Å². The van der Waals surface area contributed by atoms with E-state index in [4.69, 9.17) is 0 Å². The van der Waals surface area contributed by atoms with Crippen LogP contribution in [0, 0.1) is 5.92 Å². The minimum Gasteiger partial charge on any atom is -0.353 e. The second-order valence-electron chi connectivity index (χ2n) is 7.36. The van der Waals surface area contributed by atoms with E-state index in [9.17, 15) is 4.79 Å². The van der Waals surface area contributed by atoms with Crippen molar-refractivity contribution in [2.24, 2.45) is 5.92 Å². The summed E-state index contributed by atoms with van der Waals surface area (Å²) in [6, 6.07) is 9.49. The highest BCUT2D eigenvalue weighted by Gasteiger charge is 2.29. The van der Waals surface area contributed by atoms with Gasteiger partial charge in [-0.1, -0.05) is 44.0 Å². The van der Waals surface area contributed by atoms with Gasteiger partial charge in [-0.2, -0.15) is 0 Å². The number of piperidine rings is 1. The lowest BCUT2D eigenvalue weighted by Gasteiger charge is -2.29. The van der Waals surface area contributed by atoms with Crippen LogP contribution in [0.25, 0.3) is 0 Å². The number of aryl methyl sites for hydroxylation is 1. The SMILES string of the molecule is CCc1ccc(C[NH+]2CCC(C(=O)NC3CCCC3)CC2)cc1. The van der Waals surface area contributed by atoms with Crippen LogP contribution in [0.15, 0.2) is 24.3 Å². The molecule has 23 heavy (non-hydrogen) atoms. The van der Waals surface area contributed by atoms with Gasteiger partial charge in [-0.15, -0.1) is 0 Å². The number of hydrogen-bond acceptors (Lipinski definition) is 1. The first kappa shape index (κ1) is 16.5. The summed E-state index contributed by atoms with van der Waals surface area (Å²) in [7, 11) is 0. The Kier molecular flexibility index (Phi) is 5.71. The van der Waals surface area contributed by atoms with E-state index in [2.05, 4.69) is 36.5 Å². The summed E-state index contributed by atoms with van der Waals surface area (Å²) in [5, 5.41) is 3.28. The molecular formula is C20H31N2O+. The Bertz CT molecular complexity index is 497. The molecule has 126 valence electrons. The maximum Gasteiger partial charge on any atom is 0.223 e. The number of likely N-dealkylation sites (tertiary alicyclic amines) is 1. The molecule has 1 heterocycles. The lowest BCUT2D eigenvalue weighted by molar-refractivity contribution is -0.919. The molecule has 1 aromatic rings. The van der Waals surface area contributed by atoms with E-state index < -0.39 is 0 Å². The summed E-state index contributed by atoms with van der Waals surface area (Å²) in [5.41, 5.74) is 2.83. The van der Waals surface area contributed by atoms with Crippen molar-refractivity contribution in [3.63, 3.8) is 0 Å². The molecule has 3 heteroatoms. The van der Waals surface area contributed by atoms with E-state index in [1.807, 2.05) is 0 Å². The van der Waals surface area contributed by atoms with Gasteiger partial charge in [0.1, 0.15) is 6.54 Å². The Morgan fingerprint density at radius 3 is 2.26 bits per heavy atom. The van der Waals surface area contributed by atoms with Gasteiger partial charge >= 0.3 is 0 Å². The number of amides is 1. The molecule has 1 aliphatic heterocycles. The highest BCUT2D eigenvalue weighted by Crippen LogP contribution is 2.19. The molecule has 2 fully saturated rings. The topological polar surface area (TPSA) is 33.5 Å². The quantitative estimate of drug-likeness (QED) is 0.857. The molecule has 1 saturated heterocycles. The van der Waals surface area contributed by atoms with Crippen molar-refractivity contribution in [1.29, 1.82) is 0 Å². The Morgan fingerprint density at radius 2 is 1.65 bits per heavy atom. The fraction of sp³-hybridized carbons (Fsp3) is 0.650. The van der Waals surface area contributed by atoms with Gasteiger partial charge in [-0.25, -0.2) is 0 Å². The summed E-state index contributed by atoms with van der Waals surface area (Å²) in [6.07, 6.45) is 8.12. The molecule has 1 saturated carbocycles. The molecule has 0 aromatic heterocycles. The Morgan fingerprint density at radius 1 is 1.04 bits per heavy atom. The summed E-state index contributed by atoms with van der Waals surface area (Å²) in [6.45, 7) is 5.54. The van der Waals surface area contributed by atoms with Crippen LogP contribution in [0.1, 0.15) is 56.6 Å². The predicted molar refractivity (Wildman–Crippen MR) is 93.3 cm³/mol. The van der Waals surface area contributed by atoms with Gasteiger partial charge in [0.15, 0.2) is 0 Å². The van der Waals surface area contributed by atoms with Crippen LogP contribution in [0.4, 0.5) is 0 Å². The Balaban J connectivity index is 1.43. The third kappa shape index (κ3) is 4.57. The standard InChI is InChI=1S/C20H30N2O/c1-2-16-7-9-17(10-8-16)15-22-13-11-18(12-14-22)20(23)21-19-5-3-4-6-19/h7-10,18-19H,2-6,11-15H2,1H3,(H,21,23)/p+1. The minimum absolute atomic E-state index is 0.252. The zero-order valence-corrected chi connectivity index (χ0v) is 14.4. The van der Waals surface area contributed by atoms with E-state index in [1.54, 1.807) is 4.90 Å². The molecule has 0 atom stereocenters. The van der Waals surface area contributed by atoms with Crippen LogP contribution in [-0.2, 0) is 17.8 Å². The van der Waals surface area contributed by atoms with E-state index in [-0.39, 0.29) is 5.92 Å². The normalized spacial score (nSPS) is 25.4. The van der Waals surface area contributed by atoms with Crippen molar-refractivity contribution < 1.29 is 9.69 Å². The fourth-order valence-corrected chi connectivity index (χ4v) is 4.04. The molecule has 1 amide bonds. The lowest BCUT2D eigenvalue weighted by atomic mass is 9.95. The van der Waals surface area contributed by atoms with Crippen molar-refractivity contribution in [1.82, 2.24) is 5.32 Å². The minimum atomic E-state index is 0.252. The van der Waals surface area contributed by atoms with Crippen LogP contribution in [-0.4, -0.2) is 25.0 Å². The van der Waals surface area contributed by atoms with Gasteiger partial charge in [0.05, 0.1) is 13.1 Å². The highest BCUT2D eigenvalue weighted by atomic mass is 16.1. The maximum absolute atomic E-state index is 12.4. The molecule has 0 unspecified atom stereocenters. The highest BCUT2D eigenvalue weighted by molar-refractivity contribution is 5.79. The van der Waals surface area contributed by atoms with E-state index in [0.29, 0.717) is 11.9 Å². The molecule has 1 aromatic carbocycles. The first-order chi connectivity index (χ1) is 11.2. The largest absolute Gasteiger partial charge is 0.353 e. The zero-order valence-electron chi connectivity index (χ0n) is 14.4. The molecule has 0 radical (unpaired) electrons. The van der Waals surface area contributed by atoms with Gasteiger partial charge in [0.2, 0.25) is 5.91 Å². The van der Waals surface area contributed by atoms with Crippen molar-refractivity contribution >= 4 is 5.91 Å². The molecule has 1 aliphatic carbocycles. The van der Waals surface area contributed by atoms with Crippen molar-refractivity contribution in [2.75, 3.05) is 13.1 Å². The number of hydrogen-bond donors (Lipinski definition) is 2. The molecule has 2 aliphatic rings. The molecular weight excluding hydrogens is 284 g/mol. The first-order valence-electron chi connectivity index (χ1n) is 9.46. The number of nitrogens with one attached hydrogen (secondary N) is 2. The lowest BCUT2D eigenvalue weighted by Crippen LogP contribution is -3.11. The monoisotopic (exact) mass is 315 g/mol. The number of rotatable bonds is 5. The molecule has 0 bridgehead atoms. The van der Waals surface area contributed by atoms with Gasteiger partial charge in [-0.05, 0) is 24.8 Å². The third-order valence-corrected chi connectivity index (χ3v) is 5.65. The van der Waals surface area contributed by atoms with E-state index >= 15 is 0 Å². The fourth-order valence-electron chi connectivity index (χ4n) is 4.04. The average molecular weight is 315 g/mol. The second-order valence-corrected chi connectivity index (χ2v) is 7.36. The van der Waals surface area contributed by atoms with Crippen LogP contribution < -0.4 is 10.2 Å². The van der Waals surface area contributed by atoms with Crippen LogP contribution in [0.3, 0.4) is 0 Å². The Hall–Kier alpha value is -1.35. The molecule has 3 nitrogen and oxygen atoms in total. The van der Waals surface area contributed by atoms with Crippen LogP contribution >= 0.6 is 0 Å². The van der Waals surface area contributed by atoms with E-state index in [0.717, 1.165) is 38.9 Å². The average Bonchev–Trinajstić information content (AvgIpc) is 3.09. The summed E-state index contributed by atoms with van der Waals surface area (Å²) < 4.78 is 0. The number of carbonyl (C=O) groups is 1. The smallest absolute Gasteiger partial charge is 0.223 e. The summed E-state index contributed by atoms with van der Waals surface area (Å²) in [4.78, 5) is 14.0. The molecule has 2 N–H and O–H groups in total. The molecule has 3 rings (SSSR count). The first-order valence-corrected chi connectivity index (χ1v) is 9.46. The van der Waals surface area contributed by atoms with Crippen molar-refractivity contribution in [2.45, 2.75) is 64.5 Å². The van der Waals surface area contributed by atoms with E-state index in [1.165, 1.54) is 36.8 Å². The number of benzene rings is 1. The summed E-state index contributed by atoms with van der Waals surface area (Å²) in [5.74, 6) is 0.574. The van der Waals surface area contributed by atoms with Gasteiger partial charge < -0.3 is 10.2 Å². The van der Waals surface area contributed by atoms with Gasteiger partial charge in [0.25, 0.3) is 0 Å². The predicted octanol–water partition coefficient (Wildman–Crippen LogP) is 2.10.